The molecule has 1 aliphatic rings. The first-order valence-corrected chi connectivity index (χ1v) is 8.71. The summed E-state index contributed by atoms with van der Waals surface area (Å²) >= 11 is 1.82. The highest BCUT2D eigenvalue weighted by atomic mass is 32.2. The van der Waals surface area contributed by atoms with E-state index >= 15 is 0 Å². The molecule has 1 fully saturated rings. The standard InChI is InChI=1S/C13H20N2O2S2/c1-13(2)10-15(7-8-18-13)19(16,17)12-5-3-11(9-14)4-6-12/h3-6H,7-10,14H2,1-2H3. The molecule has 0 spiro atoms. The van der Waals surface area contributed by atoms with Crippen molar-refractivity contribution in [1.29, 1.82) is 0 Å². The van der Waals surface area contributed by atoms with Crippen molar-refractivity contribution in [2.75, 3.05) is 18.8 Å². The van der Waals surface area contributed by atoms with Crippen LogP contribution in [0, 0.1) is 0 Å². The maximum atomic E-state index is 12.6. The minimum Gasteiger partial charge on any atom is -0.326 e. The van der Waals surface area contributed by atoms with Gasteiger partial charge in [0.25, 0.3) is 0 Å². The molecule has 6 heteroatoms. The summed E-state index contributed by atoms with van der Waals surface area (Å²) in [7, 11) is -3.38. The second-order valence-electron chi connectivity index (χ2n) is 5.29. The molecule has 0 bridgehead atoms. The predicted octanol–water partition coefficient (Wildman–Crippen LogP) is 1.66. The SMILES string of the molecule is CC1(C)CN(S(=O)(=O)c2ccc(CN)cc2)CCS1. The van der Waals surface area contributed by atoms with Crippen LogP contribution < -0.4 is 5.73 Å². The van der Waals surface area contributed by atoms with Crippen LogP contribution in [-0.2, 0) is 16.6 Å². The molecule has 4 nitrogen and oxygen atoms in total. The fraction of sp³-hybridized carbons (Fsp3) is 0.538. The minimum absolute atomic E-state index is 0.0253. The molecule has 0 radical (unpaired) electrons. The van der Waals surface area contributed by atoms with E-state index in [1.54, 1.807) is 28.6 Å². The van der Waals surface area contributed by atoms with E-state index in [4.69, 9.17) is 5.73 Å². The lowest BCUT2D eigenvalue weighted by Crippen LogP contribution is -2.46. The smallest absolute Gasteiger partial charge is 0.243 e. The van der Waals surface area contributed by atoms with E-state index in [-0.39, 0.29) is 4.75 Å². The zero-order valence-corrected chi connectivity index (χ0v) is 12.9. The van der Waals surface area contributed by atoms with Crippen molar-refractivity contribution < 1.29 is 8.42 Å². The first kappa shape index (κ1) is 14.8. The molecule has 0 unspecified atom stereocenters. The number of hydrogen-bond donors (Lipinski definition) is 1. The topological polar surface area (TPSA) is 63.4 Å². The van der Waals surface area contributed by atoms with E-state index < -0.39 is 10.0 Å². The highest BCUT2D eigenvalue weighted by Crippen LogP contribution is 2.32. The molecule has 19 heavy (non-hydrogen) atoms. The van der Waals surface area contributed by atoms with Crippen molar-refractivity contribution in [2.24, 2.45) is 5.73 Å². The van der Waals surface area contributed by atoms with Crippen LogP contribution in [0.5, 0.6) is 0 Å². The molecule has 0 aliphatic carbocycles. The molecular formula is C13H20N2O2S2. The number of benzene rings is 1. The Morgan fingerprint density at radius 3 is 2.47 bits per heavy atom. The van der Waals surface area contributed by atoms with E-state index in [0.29, 0.717) is 24.5 Å². The summed E-state index contributed by atoms with van der Waals surface area (Å²) in [5, 5.41) is 0. The van der Waals surface area contributed by atoms with Crippen molar-refractivity contribution in [3.63, 3.8) is 0 Å². The van der Waals surface area contributed by atoms with Crippen LogP contribution in [0.25, 0.3) is 0 Å². The van der Waals surface area contributed by atoms with Gasteiger partial charge in [-0.1, -0.05) is 12.1 Å². The van der Waals surface area contributed by atoms with Gasteiger partial charge in [-0.2, -0.15) is 16.1 Å². The van der Waals surface area contributed by atoms with Gasteiger partial charge < -0.3 is 5.73 Å². The summed E-state index contributed by atoms with van der Waals surface area (Å²) in [6, 6.07) is 6.84. The third-order valence-corrected chi connectivity index (χ3v) is 6.34. The van der Waals surface area contributed by atoms with Gasteiger partial charge in [0.1, 0.15) is 0 Å². The van der Waals surface area contributed by atoms with E-state index in [0.717, 1.165) is 11.3 Å². The van der Waals surface area contributed by atoms with E-state index in [2.05, 4.69) is 13.8 Å². The second-order valence-corrected chi connectivity index (χ2v) is 9.03. The molecular weight excluding hydrogens is 280 g/mol. The summed E-state index contributed by atoms with van der Waals surface area (Å²) in [6.45, 7) is 5.72. The Balaban J connectivity index is 2.26. The Hall–Kier alpha value is -0.560. The van der Waals surface area contributed by atoms with Crippen LogP contribution in [0.4, 0.5) is 0 Å². The Bertz CT molecular complexity index is 538. The largest absolute Gasteiger partial charge is 0.326 e. The Kier molecular flexibility index (Phi) is 4.25. The van der Waals surface area contributed by atoms with Crippen molar-refractivity contribution in [3.05, 3.63) is 29.8 Å². The van der Waals surface area contributed by atoms with Gasteiger partial charge in [0.2, 0.25) is 10.0 Å². The molecule has 1 aromatic rings. The molecule has 0 saturated carbocycles. The second kappa shape index (κ2) is 5.44. The lowest BCUT2D eigenvalue weighted by atomic mass is 10.2. The Morgan fingerprint density at radius 1 is 1.32 bits per heavy atom. The molecule has 0 aromatic heterocycles. The van der Waals surface area contributed by atoms with Gasteiger partial charge in [0.05, 0.1) is 4.90 Å². The van der Waals surface area contributed by atoms with Gasteiger partial charge >= 0.3 is 0 Å². The molecule has 2 N–H and O–H groups in total. The van der Waals surface area contributed by atoms with Crippen LogP contribution in [-0.4, -0.2) is 36.3 Å². The average molecular weight is 300 g/mol. The molecule has 0 amide bonds. The number of thioether (sulfide) groups is 1. The van der Waals surface area contributed by atoms with Gasteiger partial charge in [-0.15, -0.1) is 0 Å². The highest BCUT2D eigenvalue weighted by molar-refractivity contribution is 8.00. The summed E-state index contributed by atoms with van der Waals surface area (Å²) in [6.07, 6.45) is 0. The van der Waals surface area contributed by atoms with Gasteiger partial charge in [-0.25, -0.2) is 8.42 Å². The maximum Gasteiger partial charge on any atom is 0.243 e. The van der Waals surface area contributed by atoms with Crippen LogP contribution in [0.15, 0.2) is 29.2 Å². The summed E-state index contributed by atoms with van der Waals surface area (Å²) < 4.78 is 26.7. The predicted molar refractivity (Wildman–Crippen MR) is 79.6 cm³/mol. The van der Waals surface area contributed by atoms with Gasteiger partial charge in [0.15, 0.2) is 0 Å². The summed E-state index contributed by atoms with van der Waals surface area (Å²) in [5.41, 5.74) is 6.46. The average Bonchev–Trinajstić information content (AvgIpc) is 2.37. The molecule has 1 aromatic carbocycles. The van der Waals surface area contributed by atoms with Gasteiger partial charge in [-0.3, -0.25) is 0 Å². The van der Waals surface area contributed by atoms with Crippen LogP contribution in [0.2, 0.25) is 0 Å². The van der Waals surface area contributed by atoms with E-state index in [9.17, 15) is 8.42 Å². The molecule has 106 valence electrons. The van der Waals surface area contributed by atoms with Crippen LogP contribution >= 0.6 is 11.8 Å². The van der Waals surface area contributed by atoms with Gasteiger partial charge in [0, 0.05) is 30.1 Å². The van der Waals surface area contributed by atoms with E-state index in [1.807, 2.05) is 11.8 Å². The monoisotopic (exact) mass is 300 g/mol. The van der Waals surface area contributed by atoms with Crippen molar-refractivity contribution in [2.45, 2.75) is 30.0 Å². The fourth-order valence-corrected chi connectivity index (χ4v) is 5.04. The minimum atomic E-state index is -3.38. The number of nitrogens with zero attached hydrogens (tertiary/aromatic N) is 1. The highest BCUT2D eigenvalue weighted by Gasteiger charge is 2.34. The van der Waals surface area contributed by atoms with Crippen molar-refractivity contribution >= 4 is 21.8 Å². The maximum absolute atomic E-state index is 12.6. The van der Waals surface area contributed by atoms with Gasteiger partial charge in [-0.05, 0) is 31.5 Å². The molecule has 0 atom stereocenters. The molecule has 1 aliphatic heterocycles. The number of hydrogen-bond acceptors (Lipinski definition) is 4. The lowest BCUT2D eigenvalue weighted by molar-refractivity contribution is 0.387. The van der Waals surface area contributed by atoms with Crippen molar-refractivity contribution in [3.8, 4) is 0 Å². The quantitative estimate of drug-likeness (QED) is 0.922. The lowest BCUT2D eigenvalue weighted by Gasteiger charge is -2.36. The van der Waals surface area contributed by atoms with Crippen LogP contribution in [0.3, 0.4) is 0 Å². The number of sulfonamides is 1. The number of rotatable bonds is 3. The Labute approximate surface area is 119 Å². The third-order valence-electron chi connectivity index (χ3n) is 3.19. The van der Waals surface area contributed by atoms with Crippen LogP contribution in [0.1, 0.15) is 19.4 Å². The van der Waals surface area contributed by atoms with Crippen molar-refractivity contribution in [1.82, 2.24) is 4.31 Å². The summed E-state index contributed by atoms with van der Waals surface area (Å²) in [4.78, 5) is 0.354. The zero-order valence-electron chi connectivity index (χ0n) is 11.3. The first-order chi connectivity index (χ1) is 8.85. The fourth-order valence-electron chi connectivity index (χ4n) is 2.12. The molecule has 2 rings (SSSR count). The zero-order chi connectivity index (χ0) is 14.1. The molecule has 1 heterocycles. The first-order valence-electron chi connectivity index (χ1n) is 6.28. The molecule has 1 saturated heterocycles. The van der Waals surface area contributed by atoms with E-state index in [1.165, 1.54) is 0 Å². The Morgan fingerprint density at radius 2 is 1.95 bits per heavy atom. The number of nitrogens with two attached hydrogens (primary N) is 1. The third kappa shape index (κ3) is 3.31. The normalized spacial score (nSPS) is 20.4. The summed E-state index contributed by atoms with van der Waals surface area (Å²) in [5.74, 6) is 0.840.